The van der Waals surface area contributed by atoms with Crippen LogP contribution in [-0.2, 0) is 4.79 Å². The van der Waals surface area contributed by atoms with Gasteiger partial charge in [0, 0.05) is 18.0 Å². The Labute approximate surface area is 133 Å². The lowest BCUT2D eigenvalue weighted by atomic mass is 10.2. The van der Waals surface area contributed by atoms with Gasteiger partial charge < -0.3 is 10.6 Å². The van der Waals surface area contributed by atoms with Crippen LogP contribution in [0.1, 0.15) is 12.8 Å². The lowest BCUT2D eigenvalue weighted by Crippen LogP contribution is -2.25. The molecule has 1 aromatic carbocycles. The molecule has 0 aliphatic heterocycles. The van der Waals surface area contributed by atoms with E-state index in [-0.39, 0.29) is 5.91 Å². The molecule has 5 nitrogen and oxygen atoms in total. The summed E-state index contributed by atoms with van der Waals surface area (Å²) in [5.41, 5.74) is 0.898. The summed E-state index contributed by atoms with van der Waals surface area (Å²) >= 11 is 1.35. The van der Waals surface area contributed by atoms with Crippen LogP contribution in [0.15, 0.2) is 42.1 Å². The minimum Gasteiger partial charge on any atom is -0.367 e. The van der Waals surface area contributed by atoms with Crippen LogP contribution in [-0.4, -0.2) is 34.2 Å². The highest BCUT2D eigenvalue weighted by Crippen LogP contribution is 2.29. The lowest BCUT2D eigenvalue weighted by Gasteiger charge is -2.09. The number of anilines is 1. The number of nitrogens with one attached hydrogen (secondary N) is 2. The second-order valence-corrected chi connectivity index (χ2v) is 6.11. The minimum atomic E-state index is -0.0432. The second kappa shape index (κ2) is 6.79. The maximum Gasteiger partial charge on any atom is 0.230 e. The lowest BCUT2D eigenvalue weighted by molar-refractivity contribution is -0.118. The van der Waals surface area contributed by atoms with Crippen LogP contribution in [0, 0.1) is 0 Å². The van der Waals surface area contributed by atoms with E-state index in [0.717, 1.165) is 16.7 Å². The van der Waals surface area contributed by atoms with E-state index in [1.54, 1.807) is 6.08 Å². The van der Waals surface area contributed by atoms with E-state index in [2.05, 4.69) is 27.2 Å². The number of para-hydroxylation sites is 1. The highest BCUT2D eigenvalue weighted by atomic mass is 32.2. The number of amides is 1. The quantitative estimate of drug-likeness (QED) is 0.467. The van der Waals surface area contributed by atoms with E-state index in [4.69, 9.17) is 0 Å². The van der Waals surface area contributed by atoms with Crippen molar-refractivity contribution in [3.05, 3.63) is 36.9 Å². The maximum atomic E-state index is 11.7. The zero-order chi connectivity index (χ0) is 15.4. The van der Waals surface area contributed by atoms with Gasteiger partial charge in [-0.1, -0.05) is 30.0 Å². The Morgan fingerprint density at radius 2 is 2.18 bits per heavy atom. The van der Waals surface area contributed by atoms with Crippen LogP contribution in [0.3, 0.4) is 0 Å². The van der Waals surface area contributed by atoms with E-state index in [1.807, 2.05) is 24.3 Å². The maximum absolute atomic E-state index is 11.7. The molecule has 2 N–H and O–H groups in total. The molecular weight excluding hydrogens is 296 g/mol. The summed E-state index contributed by atoms with van der Waals surface area (Å²) in [6.07, 6.45) is 4.03. The predicted octanol–water partition coefficient (Wildman–Crippen LogP) is 2.60. The Hall–Kier alpha value is -2.08. The number of thioether (sulfide) groups is 1. The number of rotatable bonds is 7. The number of hydrogen-bond donors (Lipinski definition) is 2. The number of fused-ring (bicyclic) bond motifs is 1. The molecule has 0 unspecified atom stereocenters. The first kappa shape index (κ1) is 14.8. The fourth-order valence-corrected chi connectivity index (χ4v) is 2.70. The molecule has 0 saturated heterocycles. The fraction of sp³-hybridized carbons (Fsp3) is 0.312. The normalized spacial score (nSPS) is 13.8. The van der Waals surface area contributed by atoms with Gasteiger partial charge in [0.15, 0.2) is 5.16 Å². The number of carbonyl (C=O) groups is 1. The molecule has 3 rings (SSSR count). The largest absolute Gasteiger partial charge is 0.367 e. The first-order valence-electron chi connectivity index (χ1n) is 7.30. The molecule has 0 bridgehead atoms. The number of hydrogen-bond acceptors (Lipinski definition) is 5. The first-order valence-corrected chi connectivity index (χ1v) is 8.28. The smallest absolute Gasteiger partial charge is 0.230 e. The number of aromatic nitrogens is 2. The highest BCUT2D eigenvalue weighted by molar-refractivity contribution is 7.99. The SMILES string of the molecule is C=CCNC(=O)CSc1nc(NC2CC2)c2ccccc2n1. The van der Waals surface area contributed by atoms with Crippen LogP contribution in [0.2, 0.25) is 0 Å². The van der Waals surface area contributed by atoms with Crippen LogP contribution in [0.5, 0.6) is 0 Å². The van der Waals surface area contributed by atoms with Crippen molar-refractivity contribution in [1.82, 2.24) is 15.3 Å². The van der Waals surface area contributed by atoms with E-state index < -0.39 is 0 Å². The first-order chi connectivity index (χ1) is 10.8. The summed E-state index contributed by atoms with van der Waals surface area (Å²) in [6.45, 7) is 4.05. The van der Waals surface area contributed by atoms with Crippen LogP contribution >= 0.6 is 11.8 Å². The number of carbonyl (C=O) groups excluding carboxylic acids is 1. The van der Waals surface area contributed by atoms with Crippen molar-refractivity contribution in [3.8, 4) is 0 Å². The van der Waals surface area contributed by atoms with Crippen molar-refractivity contribution in [2.45, 2.75) is 24.0 Å². The van der Waals surface area contributed by atoms with Crippen molar-refractivity contribution in [1.29, 1.82) is 0 Å². The molecule has 1 aliphatic rings. The molecule has 0 spiro atoms. The van der Waals surface area contributed by atoms with Gasteiger partial charge in [0.2, 0.25) is 5.91 Å². The van der Waals surface area contributed by atoms with E-state index in [9.17, 15) is 4.79 Å². The molecule has 114 valence electrons. The Bertz CT molecular complexity index is 700. The van der Waals surface area contributed by atoms with Gasteiger partial charge in [-0.15, -0.1) is 6.58 Å². The van der Waals surface area contributed by atoms with Gasteiger partial charge in [-0.05, 0) is 25.0 Å². The molecule has 22 heavy (non-hydrogen) atoms. The third kappa shape index (κ3) is 3.76. The number of nitrogens with zero attached hydrogens (tertiary/aromatic N) is 2. The zero-order valence-corrected chi connectivity index (χ0v) is 13.0. The third-order valence-corrected chi connectivity index (χ3v) is 4.12. The van der Waals surface area contributed by atoms with Crippen molar-refractivity contribution in [3.63, 3.8) is 0 Å². The Kier molecular flexibility index (Phi) is 4.58. The van der Waals surface area contributed by atoms with Crippen molar-refractivity contribution >= 4 is 34.4 Å². The average molecular weight is 314 g/mol. The van der Waals surface area contributed by atoms with Gasteiger partial charge in [0.1, 0.15) is 5.82 Å². The van der Waals surface area contributed by atoms with Gasteiger partial charge in [-0.3, -0.25) is 4.79 Å². The average Bonchev–Trinajstić information content (AvgIpc) is 3.35. The van der Waals surface area contributed by atoms with Crippen molar-refractivity contribution in [2.24, 2.45) is 0 Å². The molecule has 1 aromatic heterocycles. The van der Waals surface area contributed by atoms with Gasteiger partial charge in [-0.25, -0.2) is 9.97 Å². The summed E-state index contributed by atoms with van der Waals surface area (Å²) < 4.78 is 0. The number of benzene rings is 1. The molecule has 2 aromatic rings. The molecule has 1 saturated carbocycles. The second-order valence-electron chi connectivity index (χ2n) is 5.17. The molecule has 1 fully saturated rings. The van der Waals surface area contributed by atoms with Crippen molar-refractivity contribution in [2.75, 3.05) is 17.6 Å². The molecule has 6 heteroatoms. The third-order valence-electron chi connectivity index (χ3n) is 3.28. The molecule has 1 amide bonds. The van der Waals surface area contributed by atoms with Crippen LogP contribution in [0.4, 0.5) is 5.82 Å². The van der Waals surface area contributed by atoms with Gasteiger partial charge >= 0.3 is 0 Å². The summed E-state index contributed by atoms with van der Waals surface area (Å²) in [4.78, 5) is 20.8. The minimum absolute atomic E-state index is 0.0432. The Morgan fingerprint density at radius 3 is 2.95 bits per heavy atom. The van der Waals surface area contributed by atoms with Gasteiger partial charge in [0.05, 0.1) is 11.3 Å². The summed E-state index contributed by atoms with van der Waals surface area (Å²) in [5.74, 6) is 1.12. The summed E-state index contributed by atoms with van der Waals surface area (Å²) in [5, 5.41) is 7.83. The summed E-state index contributed by atoms with van der Waals surface area (Å²) in [7, 11) is 0. The predicted molar refractivity (Wildman–Crippen MR) is 90.1 cm³/mol. The van der Waals surface area contributed by atoms with E-state index >= 15 is 0 Å². The highest BCUT2D eigenvalue weighted by Gasteiger charge is 2.22. The standard InChI is InChI=1S/C16H18N4OS/c1-2-9-17-14(21)10-22-16-19-13-6-4-3-5-12(13)15(20-16)18-11-7-8-11/h2-6,11H,1,7-10H2,(H,17,21)(H,18,19,20). The summed E-state index contributed by atoms with van der Waals surface area (Å²) in [6, 6.07) is 8.45. The molecular formula is C16H18N4OS. The molecule has 1 aliphatic carbocycles. The van der Waals surface area contributed by atoms with E-state index in [1.165, 1.54) is 24.6 Å². The van der Waals surface area contributed by atoms with Gasteiger partial charge in [-0.2, -0.15) is 0 Å². The molecule has 1 heterocycles. The monoisotopic (exact) mass is 314 g/mol. The molecule has 0 radical (unpaired) electrons. The van der Waals surface area contributed by atoms with Crippen LogP contribution < -0.4 is 10.6 Å². The molecule has 0 atom stereocenters. The van der Waals surface area contributed by atoms with Crippen LogP contribution in [0.25, 0.3) is 10.9 Å². The fourth-order valence-electron chi connectivity index (χ4n) is 2.02. The van der Waals surface area contributed by atoms with E-state index in [0.29, 0.717) is 23.5 Å². The Balaban J connectivity index is 1.77. The Morgan fingerprint density at radius 1 is 1.36 bits per heavy atom. The topological polar surface area (TPSA) is 66.9 Å². The zero-order valence-electron chi connectivity index (χ0n) is 12.2. The van der Waals surface area contributed by atoms with Crippen molar-refractivity contribution < 1.29 is 4.79 Å². The van der Waals surface area contributed by atoms with Gasteiger partial charge in [0.25, 0.3) is 0 Å².